The first-order valence-corrected chi connectivity index (χ1v) is 9.05. The van der Waals surface area contributed by atoms with Crippen LogP contribution >= 0.6 is 11.8 Å². The number of ether oxygens (including phenoxy) is 1. The second kappa shape index (κ2) is 8.14. The molecule has 0 fully saturated rings. The Bertz CT molecular complexity index is 882. The molecule has 1 aromatic heterocycles. The van der Waals surface area contributed by atoms with Crippen LogP contribution in [0.5, 0.6) is 5.75 Å². The van der Waals surface area contributed by atoms with Crippen LogP contribution in [0.4, 0.5) is 4.39 Å². The van der Waals surface area contributed by atoms with Gasteiger partial charge >= 0.3 is 0 Å². The minimum atomic E-state index is -0.362. The molecule has 3 aromatic rings. The SMILES string of the molecule is C[C@H](Oc1ccccc1)c1nnc(SCC(=O)c2ccc(F)cc2)n1C. The number of hydrogen-bond acceptors (Lipinski definition) is 5. The van der Waals surface area contributed by atoms with E-state index in [9.17, 15) is 9.18 Å². The fraction of sp³-hybridized carbons (Fsp3) is 0.211. The topological polar surface area (TPSA) is 57.0 Å². The fourth-order valence-electron chi connectivity index (χ4n) is 2.41. The average molecular weight is 371 g/mol. The molecule has 2 aromatic carbocycles. The zero-order valence-corrected chi connectivity index (χ0v) is 15.2. The summed E-state index contributed by atoms with van der Waals surface area (Å²) in [7, 11) is 1.84. The molecule has 0 saturated carbocycles. The quantitative estimate of drug-likeness (QED) is 0.463. The Morgan fingerprint density at radius 1 is 1.15 bits per heavy atom. The number of benzene rings is 2. The van der Waals surface area contributed by atoms with Gasteiger partial charge < -0.3 is 9.30 Å². The van der Waals surface area contributed by atoms with Gasteiger partial charge in [-0.25, -0.2) is 4.39 Å². The number of thioether (sulfide) groups is 1. The third-order valence-corrected chi connectivity index (χ3v) is 4.81. The van der Waals surface area contributed by atoms with Crippen LogP contribution in [0.3, 0.4) is 0 Å². The van der Waals surface area contributed by atoms with Gasteiger partial charge in [0.1, 0.15) is 11.6 Å². The number of nitrogens with zero attached hydrogens (tertiary/aromatic N) is 3. The summed E-state index contributed by atoms with van der Waals surface area (Å²) in [6.45, 7) is 1.90. The third kappa shape index (κ3) is 4.29. The molecule has 1 atom stereocenters. The Hall–Kier alpha value is -2.67. The number of hydrogen-bond donors (Lipinski definition) is 0. The van der Waals surface area contributed by atoms with Crippen LogP contribution in [0.1, 0.15) is 29.2 Å². The van der Waals surface area contributed by atoms with Crippen molar-refractivity contribution in [3.8, 4) is 5.75 Å². The highest BCUT2D eigenvalue weighted by Crippen LogP contribution is 2.23. The molecular weight excluding hydrogens is 353 g/mol. The normalized spacial score (nSPS) is 12.0. The third-order valence-electron chi connectivity index (χ3n) is 3.79. The molecule has 0 bridgehead atoms. The standard InChI is InChI=1S/C19H18FN3O2S/c1-13(25-16-6-4-3-5-7-16)18-21-22-19(23(18)2)26-12-17(24)14-8-10-15(20)11-9-14/h3-11,13H,12H2,1-2H3/t13-/m0/s1. The summed E-state index contributed by atoms with van der Waals surface area (Å²) in [5.41, 5.74) is 0.474. The summed E-state index contributed by atoms with van der Waals surface area (Å²) >= 11 is 1.29. The van der Waals surface area contributed by atoms with Crippen molar-refractivity contribution in [2.75, 3.05) is 5.75 Å². The number of ketones is 1. The lowest BCUT2D eigenvalue weighted by Gasteiger charge is -2.14. The summed E-state index contributed by atoms with van der Waals surface area (Å²) in [5, 5.41) is 8.95. The van der Waals surface area contributed by atoms with E-state index in [2.05, 4.69) is 10.2 Å². The second-order valence-corrected chi connectivity index (χ2v) is 6.63. The number of Topliss-reactive ketones (excluding diaryl/α,β-unsaturated/α-hetero) is 1. The minimum absolute atomic E-state index is 0.0897. The van der Waals surface area contributed by atoms with Gasteiger partial charge in [-0.05, 0) is 43.3 Å². The monoisotopic (exact) mass is 371 g/mol. The van der Waals surface area contributed by atoms with Crippen molar-refractivity contribution < 1.29 is 13.9 Å². The van der Waals surface area contributed by atoms with Crippen LogP contribution in [0.15, 0.2) is 59.8 Å². The van der Waals surface area contributed by atoms with Crippen molar-refractivity contribution in [3.05, 3.63) is 71.8 Å². The van der Waals surface area contributed by atoms with E-state index in [1.54, 1.807) is 0 Å². The van der Waals surface area contributed by atoms with Gasteiger partial charge in [-0.1, -0.05) is 30.0 Å². The summed E-state index contributed by atoms with van der Waals surface area (Å²) in [5.74, 6) is 1.17. The molecule has 134 valence electrons. The van der Waals surface area contributed by atoms with E-state index >= 15 is 0 Å². The van der Waals surface area contributed by atoms with Crippen LogP contribution in [-0.4, -0.2) is 26.3 Å². The van der Waals surface area contributed by atoms with Gasteiger partial charge in [-0.3, -0.25) is 4.79 Å². The molecule has 0 unspecified atom stereocenters. The van der Waals surface area contributed by atoms with Crippen molar-refractivity contribution in [1.29, 1.82) is 0 Å². The molecule has 0 N–H and O–H groups in total. The molecule has 5 nitrogen and oxygen atoms in total. The largest absolute Gasteiger partial charge is 0.483 e. The molecule has 0 amide bonds. The van der Waals surface area contributed by atoms with Crippen molar-refractivity contribution in [3.63, 3.8) is 0 Å². The lowest BCUT2D eigenvalue weighted by molar-refractivity contribution is 0.102. The van der Waals surface area contributed by atoms with Gasteiger partial charge in [-0.15, -0.1) is 10.2 Å². The number of aromatic nitrogens is 3. The van der Waals surface area contributed by atoms with Gasteiger partial charge in [0.2, 0.25) is 0 Å². The zero-order chi connectivity index (χ0) is 18.5. The first-order valence-electron chi connectivity index (χ1n) is 8.07. The Morgan fingerprint density at radius 2 is 1.85 bits per heavy atom. The first kappa shape index (κ1) is 18.1. The van der Waals surface area contributed by atoms with E-state index in [0.717, 1.165) is 5.75 Å². The molecule has 0 aliphatic rings. The van der Waals surface area contributed by atoms with Crippen molar-refractivity contribution in [1.82, 2.24) is 14.8 Å². The van der Waals surface area contributed by atoms with Gasteiger partial charge in [-0.2, -0.15) is 0 Å². The first-order chi connectivity index (χ1) is 12.5. The molecule has 0 spiro atoms. The highest BCUT2D eigenvalue weighted by atomic mass is 32.2. The molecule has 26 heavy (non-hydrogen) atoms. The molecule has 0 aliphatic carbocycles. The molecule has 7 heteroatoms. The predicted molar refractivity (Wildman–Crippen MR) is 97.9 cm³/mol. The number of para-hydroxylation sites is 1. The second-order valence-electron chi connectivity index (χ2n) is 5.69. The molecule has 1 heterocycles. The summed E-state index contributed by atoms with van der Waals surface area (Å²) in [6, 6.07) is 15.0. The number of rotatable bonds is 7. The van der Waals surface area contributed by atoms with Gasteiger partial charge in [0, 0.05) is 12.6 Å². The van der Waals surface area contributed by atoms with Crippen LogP contribution in [0.2, 0.25) is 0 Å². The Morgan fingerprint density at radius 3 is 2.54 bits per heavy atom. The Balaban J connectivity index is 1.63. The van der Waals surface area contributed by atoms with Crippen molar-refractivity contribution >= 4 is 17.5 Å². The molecule has 0 radical (unpaired) electrons. The maximum atomic E-state index is 12.9. The minimum Gasteiger partial charge on any atom is -0.483 e. The van der Waals surface area contributed by atoms with E-state index < -0.39 is 0 Å². The van der Waals surface area contributed by atoms with E-state index in [4.69, 9.17) is 4.74 Å². The van der Waals surface area contributed by atoms with Crippen LogP contribution in [0, 0.1) is 5.82 Å². The van der Waals surface area contributed by atoms with E-state index in [-0.39, 0.29) is 23.5 Å². The van der Waals surface area contributed by atoms with Gasteiger partial charge in [0.05, 0.1) is 5.75 Å². The number of carbonyl (C=O) groups excluding carboxylic acids is 1. The molecule has 0 aliphatic heterocycles. The van der Waals surface area contributed by atoms with Crippen LogP contribution in [0.25, 0.3) is 0 Å². The number of halogens is 1. The Kier molecular flexibility index (Phi) is 5.68. The Labute approximate surface area is 155 Å². The maximum absolute atomic E-state index is 12.9. The van der Waals surface area contributed by atoms with Crippen molar-refractivity contribution in [2.24, 2.45) is 7.05 Å². The summed E-state index contributed by atoms with van der Waals surface area (Å²) in [4.78, 5) is 12.2. The van der Waals surface area contributed by atoms with Crippen molar-refractivity contribution in [2.45, 2.75) is 18.2 Å². The fourth-order valence-corrected chi connectivity index (χ4v) is 3.22. The smallest absolute Gasteiger partial charge is 0.191 e. The zero-order valence-electron chi connectivity index (χ0n) is 14.4. The van der Waals surface area contributed by atoms with Gasteiger partial charge in [0.25, 0.3) is 0 Å². The van der Waals surface area contributed by atoms with Crippen LogP contribution < -0.4 is 4.74 Å². The number of carbonyl (C=O) groups is 1. The molecule has 0 saturated heterocycles. The average Bonchev–Trinajstić information content (AvgIpc) is 3.02. The maximum Gasteiger partial charge on any atom is 0.191 e. The molecule has 3 rings (SSSR count). The predicted octanol–water partition coefficient (Wildman–Crippen LogP) is 4.07. The van der Waals surface area contributed by atoms with E-state index in [0.29, 0.717) is 16.5 Å². The molecular formula is C19H18FN3O2S. The highest BCUT2D eigenvalue weighted by molar-refractivity contribution is 7.99. The summed E-state index contributed by atoms with van der Waals surface area (Å²) in [6.07, 6.45) is -0.281. The highest BCUT2D eigenvalue weighted by Gasteiger charge is 2.18. The summed E-state index contributed by atoms with van der Waals surface area (Å²) < 4.78 is 20.6. The van der Waals surface area contributed by atoms with Crippen LogP contribution in [-0.2, 0) is 7.05 Å². The lowest BCUT2D eigenvalue weighted by atomic mass is 10.1. The lowest BCUT2D eigenvalue weighted by Crippen LogP contribution is -2.10. The van der Waals surface area contributed by atoms with E-state index in [1.165, 1.54) is 36.0 Å². The van der Waals surface area contributed by atoms with Gasteiger partial charge in [0.15, 0.2) is 22.9 Å². The van der Waals surface area contributed by atoms with E-state index in [1.807, 2.05) is 48.9 Å².